The molecule has 12 heteroatoms. The van der Waals surface area contributed by atoms with Crippen LogP contribution in [0.4, 0.5) is 13.2 Å². The average Bonchev–Trinajstić information content (AvgIpc) is 3.03. The maximum atomic E-state index is 12.1. The molecule has 1 aliphatic heterocycles. The second kappa shape index (κ2) is 6.41. The fraction of sp³-hybridized carbons (Fsp3) is 0.583. The first-order valence-corrected chi connectivity index (χ1v) is 7.15. The highest BCUT2D eigenvalue weighted by molar-refractivity contribution is 6.33. The standard InChI is InChI=1S/C12H12ClF3N4O4/c13-9-6-10(18-3-17-9)20(4-19-6)11-8(22)7(21)5(24-11)1-23-2-12(14,15)16/h3-5,7-8,11,21-22H,1-2H2/t5-,7-,8-,11-/m1/s1. The molecule has 2 aromatic rings. The van der Waals surface area contributed by atoms with E-state index in [2.05, 4.69) is 19.7 Å². The summed E-state index contributed by atoms with van der Waals surface area (Å²) < 4.78 is 47.5. The Balaban J connectivity index is 1.76. The molecule has 0 aromatic carbocycles. The molecule has 4 atom stereocenters. The highest BCUT2D eigenvalue weighted by atomic mass is 35.5. The second-order valence-electron chi connectivity index (χ2n) is 5.17. The summed E-state index contributed by atoms with van der Waals surface area (Å²) in [5.41, 5.74) is 0.518. The van der Waals surface area contributed by atoms with Crippen molar-refractivity contribution in [1.82, 2.24) is 19.5 Å². The molecule has 132 valence electrons. The van der Waals surface area contributed by atoms with E-state index in [4.69, 9.17) is 16.3 Å². The molecule has 1 aliphatic rings. The molecule has 0 spiro atoms. The fourth-order valence-electron chi connectivity index (χ4n) is 2.40. The third kappa shape index (κ3) is 3.30. The van der Waals surface area contributed by atoms with Crippen LogP contribution < -0.4 is 0 Å². The van der Waals surface area contributed by atoms with Crippen molar-refractivity contribution in [3.63, 3.8) is 0 Å². The van der Waals surface area contributed by atoms with E-state index < -0.39 is 43.9 Å². The summed E-state index contributed by atoms with van der Waals surface area (Å²) in [6.07, 6.45) is -7.10. The Hall–Kier alpha value is -1.53. The van der Waals surface area contributed by atoms with Gasteiger partial charge in [0.2, 0.25) is 0 Å². The van der Waals surface area contributed by atoms with Gasteiger partial charge in [-0.05, 0) is 0 Å². The van der Waals surface area contributed by atoms with Gasteiger partial charge in [-0.2, -0.15) is 13.2 Å². The molecule has 0 bridgehead atoms. The number of nitrogens with zero attached hydrogens (tertiary/aromatic N) is 4. The lowest BCUT2D eigenvalue weighted by atomic mass is 10.1. The van der Waals surface area contributed by atoms with Gasteiger partial charge in [-0.1, -0.05) is 11.6 Å². The van der Waals surface area contributed by atoms with Gasteiger partial charge >= 0.3 is 6.18 Å². The van der Waals surface area contributed by atoms with E-state index in [-0.39, 0.29) is 16.3 Å². The number of halogens is 4. The lowest BCUT2D eigenvalue weighted by molar-refractivity contribution is -0.184. The van der Waals surface area contributed by atoms with Crippen LogP contribution in [0.5, 0.6) is 0 Å². The summed E-state index contributed by atoms with van der Waals surface area (Å²) in [4.78, 5) is 11.7. The van der Waals surface area contributed by atoms with E-state index in [0.717, 1.165) is 0 Å². The molecule has 3 rings (SSSR count). The monoisotopic (exact) mass is 368 g/mol. The summed E-state index contributed by atoms with van der Waals surface area (Å²) in [5.74, 6) is 0. The van der Waals surface area contributed by atoms with Crippen molar-refractivity contribution in [3.05, 3.63) is 17.8 Å². The van der Waals surface area contributed by atoms with Crippen molar-refractivity contribution in [1.29, 1.82) is 0 Å². The minimum absolute atomic E-state index is 0.0943. The Labute approximate surface area is 137 Å². The number of aliphatic hydroxyl groups is 2. The van der Waals surface area contributed by atoms with Crippen molar-refractivity contribution in [2.75, 3.05) is 13.2 Å². The Bertz CT molecular complexity index is 728. The van der Waals surface area contributed by atoms with Crippen molar-refractivity contribution < 1.29 is 32.9 Å². The van der Waals surface area contributed by atoms with Gasteiger partial charge in [0.05, 0.1) is 12.9 Å². The molecular formula is C12H12ClF3N4O4. The number of hydrogen-bond acceptors (Lipinski definition) is 7. The molecule has 3 heterocycles. The SMILES string of the molecule is O[C@@H]1[C@H](O)[C@@H](COCC(F)(F)F)O[C@H]1n1cnc2c(Cl)ncnc21. The van der Waals surface area contributed by atoms with Crippen LogP contribution in [-0.2, 0) is 9.47 Å². The van der Waals surface area contributed by atoms with Crippen LogP contribution in [0.3, 0.4) is 0 Å². The van der Waals surface area contributed by atoms with Gasteiger partial charge in [-0.25, -0.2) is 15.0 Å². The van der Waals surface area contributed by atoms with E-state index in [1.165, 1.54) is 17.2 Å². The number of rotatable bonds is 4. The predicted octanol–water partition coefficient (Wildman–Crippen LogP) is 0.678. The normalized spacial score (nSPS) is 27.9. The van der Waals surface area contributed by atoms with Crippen LogP contribution >= 0.6 is 11.6 Å². The van der Waals surface area contributed by atoms with Crippen LogP contribution in [0.1, 0.15) is 6.23 Å². The van der Waals surface area contributed by atoms with Crippen LogP contribution in [0, 0.1) is 0 Å². The minimum Gasteiger partial charge on any atom is -0.387 e. The van der Waals surface area contributed by atoms with E-state index in [0.29, 0.717) is 0 Å². The number of imidazole rings is 1. The third-order valence-corrected chi connectivity index (χ3v) is 3.75. The summed E-state index contributed by atoms with van der Waals surface area (Å²) in [5, 5.41) is 20.2. The first-order valence-electron chi connectivity index (χ1n) is 6.77. The first kappa shape index (κ1) is 17.3. The Morgan fingerprint density at radius 3 is 2.71 bits per heavy atom. The fourth-order valence-corrected chi connectivity index (χ4v) is 2.57. The molecule has 1 fully saturated rings. The number of fused-ring (bicyclic) bond motifs is 1. The summed E-state index contributed by atoms with van der Waals surface area (Å²) in [7, 11) is 0. The molecule has 0 amide bonds. The molecule has 0 aliphatic carbocycles. The number of alkyl halides is 3. The van der Waals surface area contributed by atoms with Gasteiger partial charge in [-0.3, -0.25) is 4.57 Å². The lowest BCUT2D eigenvalue weighted by Crippen LogP contribution is -2.34. The van der Waals surface area contributed by atoms with Gasteiger partial charge < -0.3 is 19.7 Å². The van der Waals surface area contributed by atoms with Crippen LogP contribution in [0.25, 0.3) is 11.2 Å². The molecule has 2 N–H and O–H groups in total. The maximum Gasteiger partial charge on any atom is 0.411 e. The summed E-state index contributed by atoms with van der Waals surface area (Å²) in [6, 6.07) is 0. The van der Waals surface area contributed by atoms with Crippen molar-refractivity contribution in [2.45, 2.75) is 30.7 Å². The third-order valence-electron chi connectivity index (χ3n) is 3.47. The molecule has 1 saturated heterocycles. The molecular weight excluding hydrogens is 357 g/mol. The largest absolute Gasteiger partial charge is 0.411 e. The van der Waals surface area contributed by atoms with Crippen LogP contribution in [0.2, 0.25) is 5.15 Å². The average molecular weight is 369 g/mol. The zero-order valence-electron chi connectivity index (χ0n) is 11.9. The number of aliphatic hydroxyl groups excluding tert-OH is 2. The zero-order chi connectivity index (χ0) is 17.5. The highest BCUT2D eigenvalue weighted by Gasteiger charge is 2.44. The highest BCUT2D eigenvalue weighted by Crippen LogP contribution is 2.32. The lowest BCUT2D eigenvalue weighted by Gasteiger charge is -2.16. The summed E-state index contributed by atoms with van der Waals surface area (Å²) >= 11 is 5.88. The van der Waals surface area contributed by atoms with Gasteiger partial charge in [-0.15, -0.1) is 0 Å². The molecule has 0 saturated carbocycles. The molecule has 2 aromatic heterocycles. The smallest absolute Gasteiger partial charge is 0.387 e. The van der Waals surface area contributed by atoms with E-state index >= 15 is 0 Å². The van der Waals surface area contributed by atoms with Crippen LogP contribution in [-0.4, -0.2) is 67.4 Å². The molecule has 0 radical (unpaired) electrons. The topological polar surface area (TPSA) is 103 Å². The quantitative estimate of drug-likeness (QED) is 0.765. The summed E-state index contributed by atoms with van der Waals surface area (Å²) in [6.45, 7) is -2.01. The number of ether oxygens (including phenoxy) is 2. The van der Waals surface area contributed by atoms with Gasteiger partial charge in [0.25, 0.3) is 0 Å². The van der Waals surface area contributed by atoms with Gasteiger partial charge in [0.15, 0.2) is 17.0 Å². The molecule has 8 nitrogen and oxygen atoms in total. The number of aromatic nitrogens is 4. The zero-order valence-corrected chi connectivity index (χ0v) is 12.6. The molecule has 0 unspecified atom stereocenters. The second-order valence-corrected chi connectivity index (χ2v) is 5.52. The molecule has 24 heavy (non-hydrogen) atoms. The Kier molecular flexibility index (Phi) is 4.62. The minimum atomic E-state index is -4.49. The van der Waals surface area contributed by atoms with Crippen molar-refractivity contribution >= 4 is 22.8 Å². The van der Waals surface area contributed by atoms with Gasteiger partial charge in [0.1, 0.15) is 36.8 Å². The Morgan fingerprint density at radius 2 is 2.00 bits per heavy atom. The van der Waals surface area contributed by atoms with Gasteiger partial charge in [0, 0.05) is 0 Å². The van der Waals surface area contributed by atoms with Crippen molar-refractivity contribution in [3.8, 4) is 0 Å². The Morgan fingerprint density at radius 1 is 1.25 bits per heavy atom. The van der Waals surface area contributed by atoms with E-state index in [1.807, 2.05) is 0 Å². The predicted molar refractivity (Wildman–Crippen MR) is 73.1 cm³/mol. The maximum absolute atomic E-state index is 12.1. The first-order chi connectivity index (χ1) is 11.3. The van der Waals surface area contributed by atoms with Crippen LogP contribution in [0.15, 0.2) is 12.7 Å². The van der Waals surface area contributed by atoms with Crippen molar-refractivity contribution in [2.24, 2.45) is 0 Å². The van der Waals surface area contributed by atoms with E-state index in [9.17, 15) is 23.4 Å². The van der Waals surface area contributed by atoms with E-state index in [1.54, 1.807) is 0 Å². The number of hydrogen-bond donors (Lipinski definition) is 2.